The number of allylic oxidation sites excluding steroid dienone is 2. The Kier molecular flexibility index (Phi) is 7.60. The first-order chi connectivity index (χ1) is 11.9. The lowest BCUT2D eigenvalue weighted by Gasteiger charge is -2.11. The van der Waals surface area contributed by atoms with Crippen molar-refractivity contribution in [2.75, 3.05) is 10.6 Å². The molecule has 0 heterocycles. The molecule has 0 saturated heterocycles. The quantitative estimate of drug-likeness (QED) is 0.400. The van der Waals surface area contributed by atoms with E-state index in [1.165, 1.54) is 12.2 Å². The van der Waals surface area contributed by atoms with E-state index in [-0.39, 0.29) is 18.2 Å². The number of carbonyl (C=O) groups excluding carboxylic acids is 2. The summed E-state index contributed by atoms with van der Waals surface area (Å²) in [6.07, 6.45) is 4.76. The number of nitriles is 1. The molecule has 25 heavy (non-hydrogen) atoms. The van der Waals surface area contributed by atoms with Gasteiger partial charge in [0, 0.05) is 18.5 Å². The zero-order chi connectivity index (χ0) is 18.8. The third-order valence-corrected chi connectivity index (χ3v) is 3.14. The molecule has 1 aromatic rings. The number of nitrogens with zero attached hydrogens (tertiary/aromatic N) is 1. The molecule has 2 amide bonds. The van der Waals surface area contributed by atoms with Crippen molar-refractivity contribution in [1.29, 1.82) is 5.26 Å². The Morgan fingerprint density at radius 3 is 2.36 bits per heavy atom. The topological polar surface area (TPSA) is 119 Å². The third-order valence-electron chi connectivity index (χ3n) is 3.14. The van der Waals surface area contributed by atoms with Crippen molar-refractivity contribution in [2.24, 2.45) is 0 Å². The van der Waals surface area contributed by atoms with Gasteiger partial charge in [0.15, 0.2) is 0 Å². The molecule has 1 aromatic carbocycles. The fraction of sp³-hybridized carbons (Fsp3) is 0.222. The summed E-state index contributed by atoms with van der Waals surface area (Å²) in [5, 5.41) is 22.9. The minimum atomic E-state index is -1.32. The van der Waals surface area contributed by atoms with E-state index >= 15 is 0 Å². The van der Waals surface area contributed by atoms with Crippen LogP contribution in [0.3, 0.4) is 0 Å². The summed E-state index contributed by atoms with van der Waals surface area (Å²) in [6, 6.07) is 6.53. The predicted octanol–water partition coefficient (Wildman–Crippen LogP) is 2.93. The minimum Gasteiger partial charge on any atom is -0.477 e. The Labute approximate surface area is 145 Å². The average molecular weight is 341 g/mol. The van der Waals surface area contributed by atoms with E-state index < -0.39 is 11.5 Å². The number of amides is 2. The van der Waals surface area contributed by atoms with Crippen molar-refractivity contribution in [3.63, 3.8) is 0 Å². The number of anilines is 2. The number of benzene rings is 1. The van der Waals surface area contributed by atoms with Gasteiger partial charge >= 0.3 is 5.97 Å². The van der Waals surface area contributed by atoms with E-state index in [0.29, 0.717) is 23.4 Å². The monoisotopic (exact) mass is 341 g/mol. The van der Waals surface area contributed by atoms with Crippen molar-refractivity contribution in [3.8, 4) is 6.07 Å². The van der Waals surface area contributed by atoms with E-state index in [2.05, 4.69) is 10.6 Å². The predicted molar refractivity (Wildman–Crippen MR) is 94.6 cm³/mol. The molecule has 0 aromatic heterocycles. The summed E-state index contributed by atoms with van der Waals surface area (Å²) in [5.41, 5.74) is 1.21. The molecular weight excluding hydrogens is 322 g/mol. The molecule has 7 nitrogen and oxygen atoms in total. The van der Waals surface area contributed by atoms with Gasteiger partial charge in [-0.2, -0.15) is 5.26 Å². The second-order valence-corrected chi connectivity index (χ2v) is 4.96. The Morgan fingerprint density at radius 2 is 1.80 bits per heavy atom. The fourth-order valence-corrected chi connectivity index (χ4v) is 1.78. The van der Waals surface area contributed by atoms with E-state index in [1.54, 1.807) is 44.2 Å². The van der Waals surface area contributed by atoms with Crippen LogP contribution in [0.1, 0.15) is 32.3 Å². The Hall–Kier alpha value is -3.40. The molecule has 1 rings (SSSR count). The maximum absolute atomic E-state index is 11.7. The van der Waals surface area contributed by atoms with Gasteiger partial charge in [-0.25, -0.2) is 4.79 Å². The number of carboxylic acid groups (broad SMARTS) is 1. The number of carbonyl (C=O) groups is 3. The molecule has 0 aliphatic rings. The van der Waals surface area contributed by atoms with Gasteiger partial charge in [0.2, 0.25) is 11.8 Å². The maximum Gasteiger partial charge on any atom is 0.346 e. The van der Waals surface area contributed by atoms with Crippen LogP contribution >= 0.6 is 0 Å². The Bertz CT molecular complexity index is 773. The summed E-state index contributed by atoms with van der Waals surface area (Å²) < 4.78 is 0. The van der Waals surface area contributed by atoms with Crippen LogP contribution in [0.5, 0.6) is 0 Å². The molecule has 0 fully saturated rings. The minimum absolute atomic E-state index is 0.154. The normalized spacial score (nSPS) is 11.0. The van der Waals surface area contributed by atoms with Gasteiger partial charge < -0.3 is 15.7 Å². The third kappa shape index (κ3) is 6.31. The summed E-state index contributed by atoms with van der Waals surface area (Å²) in [5.74, 6) is -1.67. The van der Waals surface area contributed by atoms with Crippen molar-refractivity contribution < 1.29 is 19.5 Å². The molecule has 0 unspecified atom stereocenters. The molecule has 0 aliphatic heterocycles. The van der Waals surface area contributed by atoms with Crippen LogP contribution < -0.4 is 10.6 Å². The molecule has 0 bridgehead atoms. The van der Waals surface area contributed by atoms with Gasteiger partial charge in [0.25, 0.3) is 0 Å². The van der Waals surface area contributed by atoms with Crippen LogP contribution in [0.25, 0.3) is 6.08 Å². The zero-order valence-electron chi connectivity index (χ0n) is 14.0. The van der Waals surface area contributed by atoms with Crippen molar-refractivity contribution in [1.82, 2.24) is 0 Å². The number of rotatable bonds is 7. The van der Waals surface area contributed by atoms with E-state index in [0.717, 1.165) is 0 Å². The largest absolute Gasteiger partial charge is 0.477 e. The highest BCUT2D eigenvalue weighted by molar-refractivity contribution is 5.96. The maximum atomic E-state index is 11.7. The first kappa shape index (κ1) is 19.6. The van der Waals surface area contributed by atoms with Crippen LogP contribution in [0.15, 0.2) is 35.9 Å². The second-order valence-electron chi connectivity index (χ2n) is 4.96. The van der Waals surface area contributed by atoms with E-state index in [1.807, 2.05) is 0 Å². The van der Waals surface area contributed by atoms with E-state index in [9.17, 15) is 14.4 Å². The zero-order valence-corrected chi connectivity index (χ0v) is 14.0. The summed E-state index contributed by atoms with van der Waals surface area (Å²) in [7, 11) is 0. The summed E-state index contributed by atoms with van der Waals surface area (Å²) in [6.45, 7) is 3.44. The molecule has 0 aliphatic carbocycles. The molecule has 0 saturated carbocycles. The average Bonchev–Trinajstić information content (AvgIpc) is 2.59. The Morgan fingerprint density at radius 1 is 1.16 bits per heavy atom. The number of hydrogen-bond acceptors (Lipinski definition) is 4. The van der Waals surface area contributed by atoms with Crippen molar-refractivity contribution >= 4 is 35.2 Å². The molecule has 0 spiro atoms. The van der Waals surface area contributed by atoms with Crippen molar-refractivity contribution in [3.05, 3.63) is 41.5 Å². The first-order valence-corrected chi connectivity index (χ1v) is 7.66. The van der Waals surface area contributed by atoms with Gasteiger partial charge in [0.05, 0.1) is 5.69 Å². The molecule has 0 radical (unpaired) electrons. The van der Waals surface area contributed by atoms with Gasteiger partial charge in [-0.05, 0) is 23.8 Å². The van der Waals surface area contributed by atoms with Crippen molar-refractivity contribution in [2.45, 2.75) is 26.7 Å². The van der Waals surface area contributed by atoms with Crippen LogP contribution in [0.4, 0.5) is 11.4 Å². The molecule has 3 N–H and O–H groups in total. The first-order valence-electron chi connectivity index (χ1n) is 7.66. The van der Waals surface area contributed by atoms with Crippen LogP contribution in [0, 0.1) is 11.3 Å². The second kappa shape index (κ2) is 9.67. The van der Waals surface area contributed by atoms with Crippen LogP contribution in [-0.2, 0) is 14.4 Å². The SMILES string of the molecule is CCC(=O)Nc1ccc(C=CC=C(C#N)C(=O)O)c(NC(=O)CC)c1. The number of hydrogen-bond donors (Lipinski definition) is 3. The summed E-state index contributed by atoms with van der Waals surface area (Å²) in [4.78, 5) is 34.0. The highest BCUT2D eigenvalue weighted by Gasteiger charge is 2.07. The van der Waals surface area contributed by atoms with E-state index in [4.69, 9.17) is 10.4 Å². The molecule has 7 heteroatoms. The molecule has 0 atom stereocenters. The number of nitrogens with one attached hydrogen (secondary N) is 2. The Balaban J connectivity index is 3.16. The molecule has 130 valence electrons. The van der Waals surface area contributed by atoms with Crippen LogP contribution in [-0.4, -0.2) is 22.9 Å². The fourth-order valence-electron chi connectivity index (χ4n) is 1.78. The highest BCUT2D eigenvalue weighted by atomic mass is 16.4. The molecular formula is C18H19N3O4. The van der Waals surface area contributed by atoms with Crippen LogP contribution in [0.2, 0.25) is 0 Å². The highest BCUT2D eigenvalue weighted by Crippen LogP contribution is 2.23. The standard InChI is InChI=1S/C18H19N3O4/c1-3-16(22)20-14-9-8-12(15(10-14)21-17(23)4-2)6-5-7-13(11-19)18(24)25/h5-10H,3-4H2,1-2H3,(H,20,22)(H,21,23)(H,24,25). The van der Waals surface area contributed by atoms with Gasteiger partial charge in [-0.1, -0.05) is 32.1 Å². The lowest BCUT2D eigenvalue weighted by molar-refractivity contribution is -0.132. The number of aliphatic carboxylic acids is 1. The smallest absolute Gasteiger partial charge is 0.346 e. The van der Waals surface area contributed by atoms with Gasteiger partial charge in [-0.3, -0.25) is 9.59 Å². The summed E-state index contributed by atoms with van der Waals surface area (Å²) >= 11 is 0. The van der Waals surface area contributed by atoms with Gasteiger partial charge in [-0.15, -0.1) is 0 Å². The van der Waals surface area contributed by atoms with Gasteiger partial charge in [0.1, 0.15) is 11.6 Å². The lowest BCUT2D eigenvalue weighted by Crippen LogP contribution is -2.13. The number of carboxylic acids is 1. The lowest BCUT2D eigenvalue weighted by atomic mass is 10.1.